The molecule has 136 heavy (non-hydrogen) atoms. The smallest absolute Gasteiger partial charge is 0.305 e. The normalized spacial score (nSPS) is 23.5. The lowest BCUT2D eigenvalue weighted by molar-refractivity contribution is -0.158. The maximum Gasteiger partial charge on any atom is 0.305 e. The number of carbonyl (C=O) groups is 17. The van der Waals surface area contributed by atoms with Crippen LogP contribution in [0.4, 0.5) is 13.2 Å². The molecule has 0 bridgehead atoms. The molecule has 13 atom stereocenters. The summed E-state index contributed by atoms with van der Waals surface area (Å²) < 4.78 is 56.7. The Labute approximate surface area is 786 Å². The fourth-order valence-corrected chi connectivity index (χ4v) is 16.9. The second-order valence-electron chi connectivity index (χ2n) is 34.4. The summed E-state index contributed by atoms with van der Waals surface area (Å²) in [6.07, 6.45) is -3.02. The number of aromatic nitrogens is 1. The van der Waals surface area contributed by atoms with Gasteiger partial charge in [0.1, 0.15) is 90.0 Å². The van der Waals surface area contributed by atoms with Gasteiger partial charge in [-0.2, -0.15) is 0 Å². The van der Waals surface area contributed by atoms with Crippen molar-refractivity contribution in [2.75, 3.05) is 78.7 Å². The summed E-state index contributed by atoms with van der Waals surface area (Å²) in [5, 5.41) is 65.1. The quantitative estimate of drug-likeness (QED) is 0.0374. The van der Waals surface area contributed by atoms with Crippen LogP contribution in [0.5, 0.6) is 11.5 Å². The molecule has 0 unspecified atom stereocenters. The molecule has 4 heterocycles. The highest BCUT2D eigenvalue weighted by Gasteiger charge is 2.46. The molecule has 6 aromatic rings. The van der Waals surface area contributed by atoms with Gasteiger partial charge in [-0.25, -0.2) is 13.2 Å². The van der Waals surface area contributed by atoms with E-state index in [9.17, 15) is 58.4 Å². The van der Waals surface area contributed by atoms with Crippen LogP contribution >= 0.6 is 11.8 Å². The molecule has 0 radical (unpaired) electrons. The number of nitrogens with one attached hydrogen (secondary N) is 10. The van der Waals surface area contributed by atoms with Crippen molar-refractivity contribution in [2.24, 2.45) is 17.6 Å². The number of phenols is 2. The summed E-state index contributed by atoms with van der Waals surface area (Å²) in [7, 11) is 3.55. The fraction of sp³-hybridized carbons (Fsp3) is 0.473. The number of para-hydroxylation sites is 1. The zero-order chi connectivity index (χ0) is 99.5. The van der Waals surface area contributed by atoms with Crippen molar-refractivity contribution in [3.05, 3.63) is 167 Å². The van der Waals surface area contributed by atoms with E-state index in [1.165, 1.54) is 76.5 Å². The number of nitrogens with zero attached hydrogens (tertiary/aromatic N) is 5. The number of fused-ring (bicyclic) bond motifs is 3. The van der Waals surface area contributed by atoms with E-state index in [1.807, 2.05) is 0 Å². The van der Waals surface area contributed by atoms with Gasteiger partial charge in [0, 0.05) is 95.6 Å². The summed E-state index contributed by atoms with van der Waals surface area (Å²) in [6, 6.07) is 4.39. The molecule has 0 aliphatic carbocycles. The average Bonchev–Trinajstić information content (AvgIpc) is 0.838. The van der Waals surface area contributed by atoms with Gasteiger partial charge >= 0.3 is 11.9 Å². The van der Waals surface area contributed by atoms with Crippen molar-refractivity contribution in [1.29, 1.82) is 0 Å². The molecule has 15 amide bonds. The first-order valence-corrected chi connectivity index (χ1v) is 45.6. The number of carbonyl (C=O) groups excluding carboxylic acids is 15. The summed E-state index contributed by atoms with van der Waals surface area (Å²) in [4.78, 5) is 259. The number of phenolic OH excluding ortho intramolecular Hbond substituents is 2. The Bertz CT molecular complexity index is 5290. The first kappa shape index (κ1) is 106. The third-order valence-corrected chi connectivity index (χ3v) is 24.5. The van der Waals surface area contributed by atoms with E-state index in [0.717, 1.165) is 31.5 Å². The van der Waals surface area contributed by atoms with Crippen LogP contribution in [0.3, 0.4) is 0 Å². The molecule has 3 fully saturated rings. The van der Waals surface area contributed by atoms with Crippen molar-refractivity contribution in [2.45, 2.75) is 190 Å². The van der Waals surface area contributed by atoms with Gasteiger partial charge < -0.3 is 113 Å². The lowest BCUT2D eigenvalue weighted by Gasteiger charge is -2.41. The molecule has 0 spiro atoms. The van der Waals surface area contributed by atoms with E-state index >= 15 is 56.7 Å². The number of primary amides is 1. The lowest BCUT2D eigenvalue weighted by Crippen LogP contribution is -2.64. The Kier molecular flexibility index (Phi) is 39.0. The van der Waals surface area contributed by atoms with Gasteiger partial charge in [-0.15, -0.1) is 11.8 Å². The SMILES string of the molecule is CCCC[C@H]1C(=O)N2CCOC[C@@H]2C(=O)N[C@@H](CC(=O)O)C(=O)N[C@@H](C(C)C)C(=O)N(C)[C@@H](Cc2ccccc2)C(=O)N[C@@H](CCC(=O)O)C(=O)N2CCOC[C@@H]2C(=O)N[C@@H](Cc2c[nH]c3ccccc23)C(=O)N[C@@H](Cc2ccc(O)cc2)C(=O)N[C@@H](CC(C)C)C(=O)N[C@H](C(=O)NCC(N)=O)CSCC(=O)N[C@@H](Cc2cc(F)c(F)c(F)c2)C(=O)N(C)[C@@H](Cc2ccc(O)cc2)C(=O)N1C. The number of aromatic hydroxyl groups is 2. The molecule has 16 N–H and O–H groups in total. The Morgan fingerprint density at radius 3 is 1.60 bits per heavy atom. The summed E-state index contributed by atoms with van der Waals surface area (Å²) in [6.45, 7) is 4.98. The van der Waals surface area contributed by atoms with Gasteiger partial charge in [-0.05, 0) is 101 Å². The van der Waals surface area contributed by atoms with Crippen molar-refractivity contribution in [3.8, 4) is 11.5 Å². The predicted molar refractivity (Wildman–Crippen MR) is 486 cm³/mol. The number of aliphatic carboxylic acids is 2. The molecule has 734 valence electrons. The number of unbranched alkanes of at least 4 members (excludes halogenated alkanes) is 1. The van der Waals surface area contributed by atoms with Crippen LogP contribution in [-0.4, -0.2) is 308 Å². The molecule has 5 aromatic carbocycles. The van der Waals surface area contributed by atoms with Crippen LogP contribution in [0, 0.1) is 29.3 Å². The molecule has 3 aliphatic heterocycles. The van der Waals surface area contributed by atoms with Crippen LogP contribution in [0.1, 0.15) is 107 Å². The van der Waals surface area contributed by atoms with Crippen molar-refractivity contribution in [1.82, 2.24) is 77.3 Å². The van der Waals surface area contributed by atoms with E-state index < -0.39 is 284 Å². The number of carboxylic acid groups (broad SMARTS) is 2. The maximum absolute atomic E-state index is 15.7. The number of hydrogen-bond donors (Lipinski definition) is 15. The molecule has 9 rings (SSSR count). The zero-order valence-electron chi connectivity index (χ0n) is 76.5. The van der Waals surface area contributed by atoms with E-state index in [-0.39, 0.29) is 75.5 Å². The first-order chi connectivity index (χ1) is 64.6. The lowest BCUT2D eigenvalue weighted by atomic mass is 9.98. The van der Waals surface area contributed by atoms with E-state index in [2.05, 4.69) is 52.8 Å². The standard InChI is InChI=1S/C93H117F3N16O23S/c1-9-10-20-70-92(132)112-32-34-135-47-74(112)88(128)105-67(43-78(119)120)85(125)107-80(51(4)5)93(133)109(7)71(40-52-16-12-11-13-17-52)86(126)101-63(29-30-77(117)118)90(130)111-31-33-134-46-73(111)87(127)104-66(42-56-44-98-62-19-15-14-18-59(56)62)84(124)103-65(38-53-21-25-57(113)26-22-53)83(123)102-64(35-50(2)3)82(122)106-69(81(121)99-45-75(97)115)48-136-49-76(116)100-68(39-55-36-60(94)79(96)61(95)37-55)89(129)110(8)72(91(131)108(70)6)41-54-23-27-58(114)28-24-54/h11-19,21-28,36-37,44,50-51,63-74,80,98,113-114H,9-10,20,29-35,38-43,45-49H2,1-8H3,(H2,97,115)(H,99,121)(H,100,116)(H,101,126)(H,102,123)(H,103,124)(H,104,127)(H,105,128)(H,106,122)(H,107,125)(H,117,118)(H,119,120)/t63-,64-,65-,66-,67-,68-,69-,70-,71-,72-,73+,74+,80-/m0/s1. The monoisotopic (exact) mass is 1910 g/mol. The molecular weight excluding hydrogens is 1800 g/mol. The number of H-pyrrole nitrogens is 1. The predicted octanol–water partition coefficient (Wildman–Crippen LogP) is 0.904. The minimum absolute atomic E-state index is 0.133. The number of amides is 15. The zero-order valence-corrected chi connectivity index (χ0v) is 77.3. The summed E-state index contributed by atoms with van der Waals surface area (Å²) in [5.74, 6) is -27.4. The van der Waals surface area contributed by atoms with Crippen LogP contribution in [0.2, 0.25) is 0 Å². The molecule has 3 aliphatic rings. The van der Waals surface area contributed by atoms with E-state index in [4.69, 9.17) is 15.2 Å². The Balaban J connectivity index is 1.15. The van der Waals surface area contributed by atoms with Gasteiger partial charge in [-0.1, -0.05) is 120 Å². The van der Waals surface area contributed by atoms with Gasteiger partial charge in [0.25, 0.3) is 0 Å². The molecule has 1 aromatic heterocycles. The highest BCUT2D eigenvalue weighted by molar-refractivity contribution is 8.00. The summed E-state index contributed by atoms with van der Waals surface area (Å²) in [5.41, 5.74) is 7.09. The largest absolute Gasteiger partial charge is 0.508 e. The highest BCUT2D eigenvalue weighted by atomic mass is 32.2. The molecule has 0 saturated carbocycles. The number of ether oxygens (including phenoxy) is 2. The van der Waals surface area contributed by atoms with Crippen molar-refractivity contribution < 1.29 is 125 Å². The number of nitrogens with two attached hydrogens (primary N) is 1. The highest BCUT2D eigenvalue weighted by Crippen LogP contribution is 2.27. The number of likely N-dealkylation sites (N-methyl/N-ethyl adjacent to an activating group) is 3. The van der Waals surface area contributed by atoms with Gasteiger partial charge in [0.05, 0.1) is 45.1 Å². The second kappa shape index (κ2) is 50.0. The molecule has 3 saturated heterocycles. The third kappa shape index (κ3) is 29.6. The van der Waals surface area contributed by atoms with Crippen molar-refractivity contribution >= 4 is 123 Å². The van der Waals surface area contributed by atoms with Gasteiger partial charge in [0.15, 0.2) is 17.5 Å². The van der Waals surface area contributed by atoms with E-state index in [1.54, 1.807) is 81.6 Å². The fourth-order valence-electron chi connectivity index (χ4n) is 16.0. The van der Waals surface area contributed by atoms with Gasteiger partial charge in [-0.3, -0.25) is 81.5 Å². The number of halogens is 3. The molecule has 43 heteroatoms. The Morgan fingerprint density at radius 2 is 1.02 bits per heavy atom. The molecular formula is C93H117F3N16O23S. The number of thioether (sulfide) groups is 1. The summed E-state index contributed by atoms with van der Waals surface area (Å²) >= 11 is 0.636. The number of benzene rings is 5. The maximum atomic E-state index is 15.7. The number of aromatic amines is 1. The van der Waals surface area contributed by atoms with E-state index in [0.29, 0.717) is 57.9 Å². The number of carboxylic acids is 2. The first-order valence-electron chi connectivity index (χ1n) is 44.5. The second-order valence-corrected chi connectivity index (χ2v) is 35.5. The number of hydrogen-bond acceptors (Lipinski definition) is 22. The average molecular weight is 1920 g/mol. The Hall–Kier alpha value is -13.7. The van der Waals surface area contributed by atoms with Crippen LogP contribution in [0.15, 0.2) is 121 Å². The topological polar surface area (TPSA) is 556 Å². The minimum Gasteiger partial charge on any atom is -0.508 e. The van der Waals surface area contributed by atoms with Crippen LogP contribution in [-0.2, 0) is 123 Å². The molecule has 39 nitrogen and oxygen atoms in total. The minimum atomic E-state index is -2.05. The third-order valence-electron chi connectivity index (χ3n) is 23.5. The number of rotatable bonds is 24. The van der Waals surface area contributed by atoms with Crippen LogP contribution < -0.4 is 53.6 Å². The number of morpholine rings is 2. The van der Waals surface area contributed by atoms with Crippen molar-refractivity contribution in [3.63, 3.8) is 0 Å². The van der Waals surface area contributed by atoms with Crippen LogP contribution in [0.25, 0.3) is 10.9 Å². The Morgan fingerprint density at radius 1 is 0.515 bits per heavy atom. The van der Waals surface area contributed by atoms with Gasteiger partial charge in [0.2, 0.25) is 88.6 Å².